The van der Waals surface area contributed by atoms with E-state index in [1.165, 1.54) is 64.2 Å². The average molecular weight is 796 g/mol. The summed E-state index contributed by atoms with van der Waals surface area (Å²) in [5.41, 5.74) is 0. The Morgan fingerprint density at radius 1 is 0.582 bits per heavy atom. The molecule has 0 fully saturated rings. The maximum atomic E-state index is 12.7. The predicted molar refractivity (Wildman–Crippen MR) is 229 cm³/mol. The zero-order chi connectivity index (χ0) is 40.5. The molecule has 0 saturated heterocycles. The first-order valence-electron chi connectivity index (χ1n) is 21.9. The molecule has 0 aliphatic rings. The van der Waals surface area contributed by atoms with E-state index >= 15 is 0 Å². The highest BCUT2D eigenvalue weighted by molar-refractivity contribution is 7.47. The quantitative estimate of drug-likeness (QED) is 0.0280. The Bertz CT molecular complexity index is 1060. The average Bonchev–Trinajstić information content (AvgIpc) is 3.15. The van der Waals surface area contributed by atoms with Gasteiger partial charge >= 0.3 is 19.8 Å². The van der Waals surface area contributed by atoms with Gasteiger partial charge in [-0.25, -0.2) is 4.57 Å². The van der Waals surface area contributed by atoms with Gasteiger partial charge in [-0.2, -0.15) is 0 Å². The molecule has 1 N–H and O–H groups in total. The minimum absolute atomic E-state index is 0.00228. The van der Waals surface area contributed by atoms with E-state index in [4.69, 9.17) is 18.5 Å². The number of rotatable bonds is 40. The van der Waals surface area contributed by atoms with Crippen molar-refractivity contribution >= 4 is 19.8 Å². The van der Waals surface area contributed by atoms with Gasteiger partial charge in [-0.3, -0.25) is 18.6 Å². The van der Waals surface area contributed by atoms with Crippen LogP contribution in [0.25, 0.3) is 0 Å². The maximum Gasteiger partial charge on any atom is 0.472 e. The van der Waals surface area contributed by atoms with Crippen LogP contribution in [0.2, 0.25) is 0 Å². The lowest BCUT2D eigenvalue weighted by Crippen LogP contribution is -2.29. The lowest BCUT2D eigenvalue weighted by atomic mass is 10.1. The molecule has 0 bridgehead atoms. The summed E-state index contributed by atoms with van der Waals surface area (Å²) in [5, 5.41) is 0. The Kier molecular flexibility index (Phi) is 38.7. The molecule has 0 aliphatic carbocycles. The van der Waals surface area contributed by atoms with Crippen LogP contribution in [0.1, 0.15) is 181 Å². The van der Waals surface area contributed by atoms with Crippen LogP contribution in [0.5, 0.6) is 0 Å². The van der Waals surface area contributed by atoms with Gasteiger partial charge in [-0.1, -0.05) is 146 Å². The molecule has 0 radical (unpaired) electrons. The smallest absolute Gasteiger partial charge is 0.462 e. The third kappa shape index (κ3) is 41.4. The van der Waals surface area contributed by atoms with Crippen molar-refractivity contribution in [3.8, 4) is 0 Å². The Balaban J connectivity index is 4.31. The van der Waals surface area contributed by atoms with Crippen LogP contribution >= 0.6 is 7.82 Å². The standard InChI is InChI=1S/C45H82NO8P/c1-5-7-9-11-13-15-17-19-21-22-24-26-28-30-32-34-36-38-45(48)54-43(42-53-55(49,50)52-40-39-46(3)4)41-51-44(47)37-35-33-31-29-27-25-23-20-18-16-14-12-10-8-6-2/h8,10,14,16,19-21,23,43H,5-7,9,11-13,15,17-18,22,24-42H2,1-4H3,(H,49,50)/b10-8-,16-14-,21-19-,23-20-. The van der Waals surface area contributed by atoms with E-state index < -0.39 is 26.5 Å². The van der Waals surface area contributed by atoms with E-state index in [2.05, 4.69) is 62.5 Å². The normalized spacial score (nSPS) is 13.9. The Labute approximate surface area is 337 Å². The molecule has 0 rings (SSSR count). The minimum Gasteiger partial charge on any atom is -0.462 e. The Morgan fingerprint density at radius 3 is 1.56 bits per heavy atom. The fraction of sp³-hybridized carbons (Fsp3) is 0.778. The molecule has 2 atom stereocenters. The third-order valence-electron chi connectivity index (χ3n) is 9.12. The zero-order valence-corrected chi connectivity index (χ0v) is 36.5. The molecule has 2 unspecified atom stereocenters. The SMILES string of the molecule is CC/C=C\C/C=C\C/C=C\CCCCCCCC(=O)OCC(COP(=O)(O)OCCN(C)C)OC(=O)CCCCCCCCC/C=C\CCCCCCCC. The van der Waals surface area contributed by atoms with Crippen molar-refractivity contribution < 1.29 is 37.6 Å². The molecule has 0 amide bonds. The van der Waals surface area contributed by atoms with Gasteiger partial charge in [0.05, 0.1) is 13.2 Å². The summed E-state index contributed by atoms with van der Waals surface area (Å²) in [5.74, 6) is -0.828. The number of esters is 2. The van der Waals surface area contributed by atoms with Gasteiger partial charge in [-0.05, 0) is 84.7 Å². The van der Waals surface area contributed by atoms with E-state index in [-0.39, 0.29) is 32.0 Å². The van der Waals surface area contributed by atoms with Crippen LogP contribution in [0.15, 0.2) is 48.6 Å². The molecule has 0 aromatic heterocycles. The van der Waals surface area contributed by atoms with Gasteiger partial charge in [0.2, 0.25) is 0 Å². The van der Waals surface area contributed by atoms with Crippen LogP contribution < -0.4 is 0 Å². The number of carbonyl (C=O) groups excluding carboxylic acids is 2. The second kappa shape index (κ2) is 40.2. The number of phosphoric ester groups is 1. The molecule has 0 aromatic carbocycles. The highest BCUT2D eigenvalue weighted by Gasteiger charge is 2.26. The highest BCUT2D eigenvalue weighted by Crippen LogP contribution is 2.43. The van der Waals surface area contributed by atoms with Crippen molar-refractivity contribution in [1.82, 2.24) is 4.90 Å². The molecular weight excluding hydrogens is 713 g/mol. The number of likely N-dealkylation sites (N-methyl/N-ethyl adjacent to an activating group) is 1. The minimum atomic E-state index is -4.37. The van der Waals surface area contributed by atoms with Gasteiger partial charge < -0.3 is 19.3 Å². The molecule has 320 valence electrons. The van der Waals surface area contributed by atoms with Crippen molar-refractivity contribution in [2.75, 3.05) is 40.5 Å². The van der Waals surface area contributed by atoms with Crippen molar-refractivity contribution in [3.05, 3.63) is 48.6 Å². The first-order valence-corrected chi connectivity index (χ1v) is 23.4. The van der Waals surface area contributed by atoms with Gasteiger partial charge in [0.1, 0.15) is 6.61 Å². The fourth-order valence-electron chi connectivity index (χ4n) is 5.75. The first kappa shape index (κ1) is 53.0. The summed E-state index contributed by atoms with van der Waals surface area (Å²) in [6.45, 7) is 4.18. The van der Waals surface area contributed by atoms with Gasteiger partial charge in [-0.15, -0.1) is 0 Å². The second-order valence-corrected chi connectivity index (χ2v) is 16.3. The molecule has 0 aromatic rings. The molecule has 0 heterocycles. The van der Waals surface area contributed by atoms with E-state index in [1.54, 1.807) is 0 Å². The van der Waals surface area contributed by atoms with Crippen LogP contribution in [-0.4, -0.2) is 68.3 Å². The number of allylic oxidation sites excluding steroid dienone is 8. The summed E-state index contributed by atoms with van der Waals surface area (Å²) in [7, 11) is -0.724. The zero-order valence-electron chi connectivity index (χ0n) is 35.6. The second-order valence-electron chi connectivity index (χ2n) is 14.8. The Hall–Kier alpha value is -2.03. The number of hydrogen-bond acceptors (Lipinski definition) is 8. The lowest BCUT2D eigenvalue weighted by molar-refractivity contribution is -0.161. The van der Waals surface area contributed by atoms with E-state index in [9.17, 15) is 19.0 Å². The molecular formula is C45H82NO8P. The summed E-state index contributed by atoms with van der Waals surface area (Å²) in [4.78, 5) is 37.0. The van der Waals surface area contributed by atoms with Gasteiger partial charge in [0.15, 0.2) is 6.10 Å². The lowest BCUT2D eigenvalue weighted by Gasteiger charge is -2.20. The fourth-order valence-corrected chi connectivity index (χ4v) is 6.50. The van der Waals surface area contributed by atoms with Gasteiger partial charge in [0.25, 0.3) is 0 Å². The van der Waals surface area contributed by atoms with Crippen LogP contribution in [0.3, 0.4) is 0 Å². The van der Waals surface area contributed by atoms with E-state index in [0.29, 0.717) is 13.0 Å². The summed E-state index contributed by atoms with van der Waals surface area (Å²) >= 11 is 0. The molecule has 0 aliphatic heterocycles. The van der Waals surface area contributed by atoms with Crippen molar-refractivity contribution in [3.63, 3.8) is 0 Å². The van der Waals surface area contributed by atoms with Crippen LogP contribution in [0.4, 0.5) is 0 Å². The van der Waals surface area contributed by atoms with Gasteiger partial charge in [0, 0.05) is 19.4 Å². The predicted octanol–water partition coefficient (Wildman–Crippen LogP) is 12.5. The summed E-state index contributed by atoms with van der Waals surface area (Å²) in [6.07, 6.45) is 44.4. The molecule has 10 heteroatoms. The number of phosphoric acid groups is 1. The summed E-state index contributed by atoms with van der Waals surface area (Å²) < 4.78 is 33.5. The van der Waals surface area contributed by atoms with Crippen molar-refractivity contribution in [2.45, 2.75) is 187 Å². The number of carbonyl (C=O) groups is 2. The molecule has 9 nitrogen and oxygen atoms in total. The third-order valence-corrected chi connectivity index (χ3v) is 10.1. The molecule has 0 spiro atoms. The van der Waals surface area contributed by atoms with Crippen LogP contribution in [0, 0.1) is 0 Å². The first-order chi connectivity index (χ1) is 26.7. The topological polar surface area (TPSA) is 112 Å². The number of unbranched alkanes of at least 4 members (excludes halogenated alkanes) is 18. The maximum absolute atomic E-state index is 12.7. The molecule has 55 heavy (non-hydrogen) atoms. The number of nitrogens with zero attached hydrogens (tertiary/aromatic N) is 1. The monoisotopic (exact) mass is 796 g/mol. The van der Waals surface area contributed by atoms with E-state index in [1.807, 2.05) is 19.0 Å². The van der Waals surface area contributed by atoms with Crippen molar-refractivity contribution in [2.24, 2.45) is 0 Å². The van der Waals surface area contributed by atoms with E-state index in [0.717, 1.165) is 83.5 Å². The van der Waals surface area contributed by atoms with Crippen molar-refractivity contribution in [1.29, 1.82) is 0 Å². The van der Waals surface area contributed by atoms with Crippen LogP contribution in [-0.2, 0) is 32.7 Å². The highest BCUT2D eigenvalue weighted by atomic mass is 31.2. The number of ether oxygens (including phenoxy) is 2. The molecule has 0 saturated carbocycles. The Morgan fingerprint density at radius 2 is 1.04 bits per heavy atom. The summed E-state index contributed by atoms with van der Waals surface area (Å²) in [6, 6.07) is 0. The number of hydrogen-bond donors (Lipinski definition) is 1. The largest absolute Gasteiger partial charge is 0.472 e.